The quantitative estimate of drug-likeness (QED) is 0.527. The fourth-order valence-electron chi connectivity index (χ4n) is 3.03. The van der Waals surface area contributed by atoms with Gasteiger partial charge in [0, 0.05) is 5.39 Å². The average Bonchev–Trinajstić information content (AvgIpc) is 2.64. The number of para-hydroxylation sites is 1. The van der Waals surface area contributed by atoms with E-state index in [2.05, 4.69) is 0 Å². The summed E-state index contributed by atoms with van der Waals surface area (Å²) in [6.07, 6.45) is 0. The maximum absolute atomic E-state index is 13.0. The van der Waals surface area contributed by atoms with Crippen molar-refractivity contribution in [2.45, 2.75) is 13.5 Å². The number of methoxy groups -OCH3 is 2. The number of hydrogen-bond donors (Lipinski definition) is 0. The van der Waals surface area contributed by atoms with Crippen LogP contribution in [0.2, 0.25) is 0 Å². The van der Waals surface area contributed by atoms with Gasteiger partial charge in [0.15, 0.2) is 0 Å². The van der Waals surface area contributed by atoms with Crippen molar-refractivity contribution in [1.82, 2.24) is 4.57 Å². The fraction of sp³-hybridized carbons (Fsp3) is 0.263. The van der Waals surface area contributed by atoms with Crippen molar-refractivity contribution in [2.24, 2.45) is 0 Å². The Balaban J connectivity index is 2.49. The highest BCUT2D eigenvalue weighted by Gasteiger charge is 2.19. The molecule has 3 rings (SSSR count). The van der Waals surface area contributed by atoms with Crippen LogP contribution in [0.4, 0.5) is 0 Å². The van der Waals surface area contributed by atoms with Crippen LogP contribution in [0.5, 0.6) is 11.5 Å². The van der Waals surface area contributed by atoms with E-state index in [4.69, 9.17) is 14.2 Å². The van der Waals surface area contributed by atoms with Crippen LogP contribution in [0.1, 0.15) is 6.92 Å². The molecule has 0 spiro atoms. The van der Waals surface area contributed by atoms with Crippen LogP contribution in [-0.2, 0) is 16.1 Å². The Morgan fingerprint density at radius 3 is 2.40 bits per heavy atom. The summed E-state index contributed by atoms with van der Waals surface area (Å²) in [4.78, 5) is 25.2. The molecule has 0 amide bonds. The Bertz CT molecular complexity index is 1010. The first kappa shape index (κ1) is 16.8. The number of pyridine rings is 1. The van der Waals surface area contributed by atoms with Gasteiger partial charge in [0.25, 0.3) is 0 Å². The number of benzene rings is 2. The Morgan fingerprint density at radius 2 is 1.72 bits per heavy atom. The van der Waals surface area contributed by atoms with E-state index in [1.165, 1.54) is 14.2 Å². The predicted molar refractivity (Wildman–Crippen MR) is 95.5 cm³/mol. The second-order valence-electron chi connectivity index (χ2n) is 5.43. The SMILES string of the molecule is CCOC(=O)Cn1c2ccccc2c(=O)c2c(OC)ccc(OC)c21. The molecule has 3 aromatic rings. The van der Waals surface area contributed by atoms with Gasteiger partial charge in [-0.05, 0) is 31.2 Å². The molecule has 0 aliphatic carbocycles. The molecular weight excluding hydrogens is 322 g/mol. The van der Waals surface area contributed by atoms with E-state index in [1.54, 1.807) is 41.8 Å². The number of ether oxygens (including phenoxy) is 3. The fourth-order valence-corrected chi connectivity index (χ4v) is 3.03. The molecule has 0 aliphatic rings. The lowest BCUT2D eigenvalue weighted by atomic mass is 10.1. The molecule has 0 saturated carbocycles. The predicted octanol–water partition coefficient (Wildman–Crippen LogP) is 2.74. The van der Waals surface area contributed by atoms with Crippen LogP contribution >= 0.6 is 0 Å². The molecule has 0 unspecified atom stereocenters. The number of aromatic nitrogens is 1. The van der Waals surface area contributed by atoms with Crippen LogP contribution in [0.3, 0.4) is 0 Å². The maximum atomic E-state index is 13.0. The summed E-state index contributed by atoms with van der Waals surface area (Å²) in [6, 6.07) is 10.5. The van der Waals surface area contributed by atoms with Crippen molar-refractivity contribution in [3.05, 3.63) is 46.6 Å². The van der Waals surface area contributed by atoms with E-state index in [9.17, 15) is 9.59 Å². The highest BCUT2D eigenvalue weighted by molar-refractivity contribution is 6.00. The van der Waals surface area contributed by atoms with Crippen molar-refractivity contribution in [3.63, 3.8) is 0 Å². The zero-order chi connectivity index (χ0) is 18.0. The van der Waals surface area contributed by atoms with Gasteiger partial charge in [-0.25, -0.2) is 0 Å². The molecule has 0 saturated heterocycles. The molecule has 0 atom stereocenters. The van der Waals surface area contributed by atoms with Crippen LogP contribution < -0.4 is 14.9 Å². The lowest BCUT2D eigenvalue weighted by Gasteiger charge is -2.18. The van der Waals surface area contributed by atoms with Gasteiger partial charge < -0.3 is 18.8 Å². The van der Waals surface area contributed by atoms with Crippen molar-refractivity contribution in [3.8, 4) is 11.5 Å². The van der Waals surface area contributed by atoms with E-state index >= 15 is 0 Å². The summed E-state index contributed by atoms with van der Waals surface area (Å²) in [5.74, 6) is 0.537. The molecule has 1 aromatic heterocycles. The van der Waals surface area contributed by atoms with Crippen molar-refractivity contribution in [2.75, 3.05) is 20.8 Å². The lowest BCUT2D eigenvalue weighted by Crippen LogP contribution is -2.19. The second-order valence-corrected chi connectivity index (χ2v) is 5.43. The van der Waals surface area contributed by atoms with Gasteiger partial charge in [-0.15, -0.1) is 0 Å². The summed E-state index contributed by atoms with van der Waals surface area (Å²) >= 11 is 0. The molecule has 1 heterocycles. The zero-order valence-electron chi connectivity index (χ0n) is 14.4. The minimum Gasteiger partial charge on any atom is -0.496 e. The number of carbonyl (C=O) groups is 1. The molecule has 0 bridgehead atoms. The molecule has 0 aliphatic heterocycles. The second kappa shape index (κ2) is 6.84. The molecular formula is C19H19NO5. The largest absolute Gasteiger partial charge is 0.496 e. The first-order chi connectivity index (χ1) is 12.1. The summed E-state index contributed by atoms with van der Waals surface area (Å²) in [7, 11) is 3.03. The van der Waals surface area contributed by atoms with Gasteiger partial charge in [-0.1, -0.05) is 12.1 Å². The molecule has 6 nitrogen and oxygen atoms in total. The third-order valence-corrected chi connectivity index (χ3v) is 4.07. The van der Waals surface area contributed by atoms with E-state index < -0.39 is 0 Å². The van der Waals surface area contributed by atoms with E-state index in [0.717, 1.165) is 0 Å². The number of rotatable bonds is 5. The molecule has 0 N–H and O–H groups in total. The summed E-state index contributed by atoms with van der Waals surface area (Å²) in [6.45, 7) is 2.01. The van der Waals surface area contributed by atoms with E-state index in [0.29, 0.717) is 33.3 Å². The molecule has 0 fully saturated rings. The number of esters is 1. The Morgan fingerprint density at radius 1 is 1.04 bits per heavy atom. The van der Waals surface area contributed by atoms with E-state index in [-0.39, 0.29) is 24.5 Å². The van der Waals surface area contributed by atoms with Gasteiger partial charge in [-0.3, -0.25) is 9.59 Å². The molecule has 2 aromatic carbocycles. The molecule has 0 radical (unpaired) electrons. The lowest BCUT2D eigenvalue weighted by molar-refractivity contribution is -0.143. The van der Waals surface area contributed by atoms with Gasteiger partial charge >= 0.3 is 5.97 Å². The number of fused-ring (bicyclic) bond motifs is 2. The van der Waals surface area contributed by atoms with Gasteiger partial charge in [0.1, 0.15) is 18.0 Å². The topological polar surface area (TPSA) is 66.8 Å². The third kappa shape index (κ3) is 2.80. The van der Waals surface area contributed by atoms with Crippen molar-refractivity contribution < 1.29 is 19.0 Å². The normalized spacial score (nSPS) is 10.8. The van der Waals surface area contributed by atoms with Crippen LogP contribution in [0, 0.1) is 0 Å². The zero-order valence-corrected chi connectivity index (χ0v) is 14.4. The highest BCUT2D eigenvalue weighted by Crippen LogP contribution is 2.33. The third-order valence-electron chi connectivity index (χ3n) is 4.07. The monoisotopic (exact) mass is 341 g/mol. The van der Waals surface area contributed by atoms with Crippen LogP contribution in [-0.4, -0.2) is 31.4 Å². The van der Waals surface area contributed by atoms with Crippen LogP contribution in [0.15, 0.2) is 41.2 Å². The standard InChI is InChI=1S/C19H19NO5/c1-4-25-16(21)11-20-13-8-6-5-7-12(13)19(22)17-14(23-2)9-10-15(24-3)18(17)20/h5-10H,4,11H2,1-3H3. The minimum atomic E-state index is -0.387. The molecule has 6 heteroatoms. The van der Waals surface area contributed by atoms with E-state index in [1.807, 2.05) is 6.07 Å². The molecule has 25 heavy (non-hydrogen) atoms. The Labute approximate surface area is 144 Å². The summed E-state index contributed by atoms with van der Waals surface area (Å²) in [5.41, 5.74) is 0.986. The molecule has 130 valence electrons. The minimum absolute atomic E-state index is 0.0331. The van der Waals surface area contributed by atoms with Crippen molar-refractivity contribution >= 4 is 27.8 Å². The van der Waals surface area contributed by atoms with Crippen LogP contribution in [0.25, 0.3) is 21.8 Å². The first-order valence-corrected chi connectivity index (χ1v) is 7.94. The maximum Gasteiger partial charge on any atom is 0.325 e. The average molecular weight is 341 g/mol. The number of carbonyl (C=O) groups excluding carboxylic acids is 1. The summed E-state index contributed by atoms with van der Waals surface area (Å²) < 4.78 is 17.7. The summed E-state index contributed by atoms with van der Waals surface area (Å²) in [5, 5.41) is 0.885. The smallest absolute Gasteiger partial charge is 0.325 e. The van der Waals surface area contributed by atoms with Gasteiger partial charge in [0.05, 0.1) is 37.2 Å². The number of nitrogens with zero attached hydrogens (tertiary/aromatic N) is 1. The Kier molecular flexibility index (Phi) is 4.61. The Hall–Kier alpha value is -3.02. The van der Waals surface area contributed by atoms with Crippen molar-refractivity contribution in [1.29, 1.82) is 0 Å². The first-order valence-electron chi connectivity index (χ1n) is 7.94. The van der Waals surface area contributed by atoms with Gasteiger partial charge in [0.2, 0.25) is 5.43 Å². The highest BCUT2D eigenvalue weighted by atomic mass is 16.5. The number of hydrogen-bond acceptors (Lipinski definition) is 5. The van der Waals surface area contributed by atoms with Gasteiger partial charge in [-0.2, -0.15) is 0 Å².